The first-order valence-corrected chi connectivity index (χ1v) is 4.77. The van der Waals surface area contributed by atoms with Crippen LogP contribution < -0.4 is 5.32 Å². The molecule has 0 aromatic carbocycles. The number of likely N-dealkylation sites (tertiary alicyclic amines) is 1. The van der Waals surface area contributed by atoms with Crippen LogP contribution >= 0.6 is 0 Å². The Bertz CT molecular complexity index is 230. The number of hydrogen-bond acceptors (Lipinski definition) is 3. The van der Waals surface area contributed by atoms with Crippen LogP contribution in [0.2, 0.25) is 0 Å². The Morgan fingerprint density at radius 1 is 1.57 bits per heavy atom. The Morgan fingerprint density at radius 3 is 2.86 bits per heavy atom. The summed E-state index contributed by atoms with van der Waals surface area (Å²) in [4.78, 5) is 23.6. The van der Waals surface area contributed by atoms with Crippen molar-refractivity contribution in [3.63, 3.8) is 0 Å². The minimum atomic E-state index is -0.780. The molecule has 0 bridgehead atoms. The second kappa shape index (κ2) is 4.95. The first-order valence-electron chi connectivity index (χ1n) is 4.77. The van der Waals surface area contributed by atoms with E-state index in [2.05, 4.69) is 5.32 Å². The molecule has 0 spiro atoms. The summed E-state index contributed by atoms with van der Waals surface area (Å²) >= 11 is 0. The number of aliphatic carboxylic acids is 1. The van der Waals surface area contributed by atoms with Crippen LogP contribution in [-0.4, -0.2) is 48.6 Å². The summed E-state index contributed by atoms with van der Waals surface area (Å²) < 4.78 is 0. The minimum Gasteiger partial charge on any atom is -0.481 e. The van der Waals surface area contributed by atoms with Gasteiger partial charge in [-0.15, -0.1) is 0 Å². The highest BCUT2D eigenvalue weighted by Crippen LogP contribution is 2.19. The molecule has 5 nitrogen and oxygen atoms in total. The zero-order chi connectivity index (χ0) is 10.6. The van der Waals surface area contributed by atoms with Gasteiger partial charge in [0.25, 0.3) is 0 Å². The van der Waals surface area contributed by atoms with Crippen LogP contribution in [0.25, 0.3) is 0 Å². The fourth-order valence-electron chi connectivity index (χ4n) is 1.74. The number of nitrogens with zero attached hydrogens (tertiary/aromatic N) is 1. The summed E-state index contributed by atoms with van der Waals surface area (Å²) in [6.07, 6.45) is 0.977. The van der Waals surface area contributed by atoms with Gasteiger partial charge in [-0.25, -0.2) is 0 Å². The Hall–Kier alpha value is -1.10. The number of carbonyl (C=O) groups excluding carboxylic acids is 1. The van der Waals surface area contributed by atoms with E-state index in [1.54, 1.807) is 11.9 Å². The van der Waals surface area contributed by atoms with Crippen LogP contribution in [0.1, 0.15) is 12.8 Å². The predicted octanol–water partition coefficient (Wildman–Crippen LogP) is -0.471. The van der Waals surface area contributed by atoms with Crippen molar-refractivity contribution in [2.24, 2.45) is 5.92 Å². The number of carboxylic acid groups (broad SMARTS) is 1. The highest BCUT2D eigenvalue weighted by molar-refractivity contribution is 5.78. The number of rotatable bonds is 4. The van der Waals surface area contributed by atoms with Gasteiger partial charge in [0.1, 0.15) is 0 Å². The molecule has 0 radical (unpaired) electrons. The smallest absolute Gasteiger partial charge is 0.303 e. The minimum absolute atomic E-state index is 0.0559. The molecule has 1 aliphatic heterocycles. The Kier molecular flexibility index (Phi) is 3.88. The molecule has 1 amide bonds. The molecule has 14 heavy (non-hydrogen) atoms. The van der Waals surface area contributed by atoms with E-state index < -0.39 is 5.97 Å². The second-order valence-corrected chi connectivity index (χ2v) is 3.62. The van der Waals surface area contributed by atoms with Gasteiger partial charge in [-0.3, -0.25) is 9.59 Å². The van der Waals surface area contributed by atoms with E-state index in [1.165, 1.54) is 0 Å². The van der Waals surface area contributed by atoms with E-state index in [0.717, 1.165) is 6.42 Å². The summed E-state index contributed by atoms with van der Waals surface area (Å²) in [6, 6.07) is 0. The van der Waals surface area contributed by atoms with Gasteiger partial charge in [0.15, 0.2) is 0 Å². The maximum absolute atomic E-state index is 11.4. The quantitative estimate of drug-likeness (QED) is 0.643. The molecule has 1 heterocycles. The fourth-order valence-corrected chi connectivity index (χ4v) is 1.74. The third-order valence-corrected chi connectivity index (χ3v) is 2.43. The third-order valence-electron chi connectivity index (χ3n) is 2.43. The lowest BCUT2D eigenvalue weighted by molar-refractivity contribution is -0.138. The average Bonchev–Trinajstić information content (AvgIpc) is 2.52. The van der Waals surface area contributed by atoms with Gasteiger partial charge < -0.3 is 15.3 Å². The van der Waals surface area contributed by atoms with Crippen molar-refractivity contribution < 1.29 is 14.7 Å². The maximum atomic E-state index is 11.4. The van der Waals surface area contributed by atoms with E-state index in [0.29, 0.717) is 19.6 Å². The van der Waals surface area contributed by atoms with E-state index in [9.17, 15) is 9.59 Å². The number of nitrogens with one attached hydrogen (secondary N) is 1. The lowest BCUT2D eigenvalue weighted by Crippen LogP contribution is -2.35. The topological polar surface area (TPSA) is 69.6 Å². The van der Waals surface area contributed by atoms with Crippen molar-refractivity contribution >= 4 is 11.9 Å². The zero-order valence-corrected chi connectivity index (χ0v) is 8.32. The van der Waals surface area contributed by atoms with Crippen molar-refractivity contribution in [3.8, 4) is 0 Å². The van der Waals surface area contributed by atoms with E-state index in [1.807, 2.05) is 0 Å². The normalized spacial score (nSPS) is 21.2. The van der Waals surface area contributed by atoms with E-state index in [4.69, 9.17) is 5.11 Å². The van der Waals surface area contributed by atoms with Gasteiger partial charge in [0.2, 0.25) is 5.91 Å². The lowest BCUT2D eigenvalue weighted by atomic mass is 10.1. The van der Waals surface area contributed by atoms with Gasteiger partial charge in [-0.1, -0.05) is 0 Å². The largest absolute Gasteiger partial charge is 0.481 e. The Labute approximate surface area is 83.1 Å². The lowest BCUT2D eigenvalue weighted by Gasteiger charge is -2.15. The second-order valence-electron chi connectivity index (χ2n) is 3.62. The number of carboxylic acids is 1. The molecule has 1 fully saturated rings. The molecule has 1 aliphatic rings. The zero-order valence-electron chi connectivity index (χ0n) is 8.32. The molecule has 1 atom stereocenters. The molecule has 1 rings (SSSR count). The van der Waals surface area contributed by atoms with Crippen LogP contribution in [-0.2, 0) is 9.59 Å². The van der Waals surface area contributed by atoms with E-state index in [-0.39, 0.29) is 18.2 Å². The fraction of sp³-hybridized carbons (Fsp3) is 0.778. The third kappa shape index (κ3) is 2.99. The van der Waals surface area contributed by atoms with Gasteiger partial charge in [-0.2, -0.15) is 0 Å². The number of likely N-dealkylation sites (N-methyl/N-ethyl adjacent to an activating group) is 1. The number of hydrogen-bond donors (Lipinski definition) is 2. The first-order chi connectivity index (χ1) is 6.63. The molecular weight excluding hydrogens is 184 g/mol. The average molecular weight is 200 g/mol. The van der Waals surface area contributed by atoms with E-state index >= 15 is 0 Å². The van der Waals surface area contributed by atoms with Crippen LogP contribution in [0.15, 0.2) is 0 Å². The molecular formula is C9H16N2O3. The molecule has 80 valence electrons. The van der Waals surface area contributed by atoms with Crippen molar-refractivity contribution in [1.29, 1.82) is 0 Å². The summed E-state index contributed by atoms with van der Waals surface area (Å²) in [6.45, 7) is 1.62. The van der Waals surface area contributed by atoms with Gasteiger partial charge >= 0.3 is 5.97 Å². The maximum Gasteiger partial charge on any atom is 0.303 e. The summed E-state index contributed by atoms with van der Waals surface area (Å²) in [5, 5.41) is 11.4. The van der Waals surface area contributed by atoms with Gasteiger partial charge in [0.05, 0.1) is 6.54 Å². The van der Waals surface area contributed by atoms with Crippen molar-refractivity contribution in [1.82, 2.24) is 10.2 Å². The molecule has 1 unspecified atom stereocenters. The summed E-state index contributed by atoms with van der Waals surface area (Å²) in [7, 11) is 1.72. The molecule has 5 heteroatoms. The first kappa shape index (κ1) is 11.0. The van der Waals surface area contributed by atoms with Crippen LogP contribution in [0.4, 0.5) is 0 Å². The summed E-state index contributed by atoms with van der Waals surface area (Å²) in [5.74, 6) is -0.591. The van der Waals surface area contributed by atoms with Crippen molar-refractivity contribution in [3.05, 3.63) is 0 Å². The SMILES string of the molecule is CNCC(=O)N1CCC(CC(=O)O)C1. The molecule has 0 saturated carbocycles. The highest BCUT2D eigenvalue weighted by Gasteiger charge is 2.26. The van der Waals surface area contributed by atoms with Gasteiger partial charge in [0, 0.05) is 19.5 Å². The van der Waals surface area contributed by atoms with Crippen LogP contribution in [0, 0.1) is 5.92 Å². The molecule has 1 saturated heterocycles. The van der Waals surface area contributed by atoms with Crippen LogP contribution in [0.3, 0.4) is 0 Å². The predicted molar refractivity (Wildman–Crippen MR) is 50.9 cm³/mol. The Balaban J connectivity index is 2.33. The monoisotopic (exact) mass is 200 g/mol. The van der Waals surface area contributed by atoms with Crippen LogP contribution in [0.5, 0.6) is 0 Å². The highest BCUT2D eigenvalue weighted by atomic mass is 16.4. The molecule has 0 aromatic heterocycles. The molecule has 0 aromatic rings. The molecule has 0 aliphatic carbocycles. The Morgan fingerprint density at radius 2 is 2.29 bits per heavy atom. The molecule has 2 N–H and O–H groups in total. The van der Waals surface area contributed by atoms with Gasteiger partial charge in [-0.05, 0) is 19.4 Å². The number of carbonyl (C=O) groups is 2. The standard InChI is InChI=1S/C9H16N2O3/c1-10-5-8(12)11-3-2-7(6-11)4-9(13)14/h7,10H,2-6H2,1H3,(H,13,14). The summed E-state index contributed by atoms with van der Waals surface area (Å²) in [5.41, 5.74) is 0. The van der Waals surface area contributed by atoms with Crippen molar-refractivity contribution in [2.45, 2.75) is 12.8 Å². The van der Waals surface area contributed by atoms with Crippen molar-refractivity contribution in [2.75, 3.05) is 26.7 Å². The number of amides is 1.